The van der Waals surface area contributed by atoms with E-state index in [4.69, 9.17) is 4.74 Å². The summed E-state index contributed by atoms with van der Waals surface area (Å²) < 4.78 is 38.3. The summed E-state index contributed by atoms with van der Waals surface area (Å²) >= 11 is 0. The average Bonchev–Trinajstić information content (AvgIpc) is 2.69. The minimum atomic E-state index is -3.76. The maximum absolute atomic E-state index is 12.7. The molecule has 3 rings (SSSR count). The van der Waals surface area contributed by atoms with Crippen LogP contribution in [0, 0.1) is 6.92 Å². The van der Waals surface area contributed by atoms with Crippen LogP contribution in [0.15, 0.2) is 77.7 Å². The number of methoxy groups -OCH3 is 1. The van der Waals surface area contributed by atoms with Gasteiger partial charge >= 0.3 is 5.97 Å². The summed E-state index contributed by atoms with van der Waals surface area (Å²) in [6.45, 7) is 1.89. The zero-order chi connectivity index (χ0) is 20.1. The van der Waals surface area contributed by atoms with E-state index >= 15 is 0 Å². The second-order valence-corrected chi connectivity index (χ2v) is 7.72. The van der Waals surface area contributed by atoms with Crippen molar-refractivity contribution >= 4 is 21.7 Å². The molecule has 3 aromatic carbocycles. The fraction of sp³-hybridized carbons (Fsp3) is 0.0952. The van der Waals surface area contributed by atoms with Crippen LogP contribution < -0.4 is 9.46 Å². The number of benzene rings is 3. The molecule has 0 unspecified atom stereocenters. The Hall–Kier alpha value is -3.32. The quantitative estimate of drug-likeness (QED) is 0.625. The third kappa shape index (κ3) is 4.50. The van der Waals surface area contributed by atoms with Gasteiger partial charge in [0, 0.05) is 0 Å². The molecule has 6 nitrogen and oxygen atoms in total. The number of hydrogen-bond donors (Lipinski definition) is 1. The normalized spacial score (nSPS) is 10.9. The number of aryl methyl sites for hydroxylation is 1. The summed E-state index contributed by atoms with van der Waals surface area (Å²) in [5.41, 5.74) is 1.67. The van der Waals surface area contributed by atoms with Crippen LogP contribution in [0.4, 0.5) is 5.69 Å². The molecule has 0 bridgehead atoms. The third-order valence-corrected chi connectivity index (χ3v) is 5.35. The van der Waals surface area contributed by atoms with Crippen molar-refractivity contribution in [2.45, 2.75) is 11.8 Å². The number of carbonyl (C=O) groups is 1. The van der Waals surface area contributed by atoms with E-state index in [0.29, 0.717) is 22.7 Å². The molecule has 0 spiro atoms. The predicted molar refractivity (Wildman–Crippen MR) is 106 cm³/mol. The summed E-state index contributed by atoms with van der Waals surface area (Å²) in [6.07, 6.45) is 0. The minimum absolute atomic E-state index is 0.162. The summed E-state index contributed by atoms with van der Waals surface area (Å²) in [7, 11) is -2.45. The second-order valence-electron chi connectivity index (χ2n) is 6.03. The molecule has 0 fully saturated rings. The Balaban J connectivity index is 1.83. The zero-order valence-electron chi connectivity index (χ0n) is 15.4. The van der Waals surface area contributed by atoms with Gasteiger partial charge in [0.2, 0.25) is 0 Å². The van der Waals surface area contributed by atoms with Gasteiger partial charge in [-0.05, 0) is 55.5 Å². The molecule has 0 radical (unpaired) electrons. The smallest absolute Gasteiger partial charge is 0.337 e. The van der Waals surface area contributed by atoms with Gasteiger partial charge < -0.3 is 9.47 Å². The molecule has 0 heterocycles. The average molecular weight is 397 g/mol. The van der Waals surface area contributed by atoms with Crippen LogP contribution in [0.3, 0.4) is 0 Å². The van der Waals surface area contributed by atoms with E-state index in [-0.39, 0.29) is 4.90 Å². The fourth-order valence-electron chi connectivity index (χ4n) is 2.46. The first-order chi connectivity index (χ1) is 13.4. The van der Waals surface area contributed by atoms with Gasteiger partial charge in [-0.1, -0.05) is 29.8 Å². The Bertz CT molecular complexity index is 1070. The van der Waals surface area contributed by atoms with Gasteiger partial charge in [0.15, 0.2) is 5.75 Å². The van der Waals surface area contributed by atoms with E-state index in [9.17, 15) is 13.2 Å². The van der Waals surface area contributed by atoms with E-state index in [0.717, 1.165) is 5.56 Å². The second kappa shape index (κ2) is 8.14. The van der Waals surface area contributed by atoms with Crippen LogP contribution in [0.25, 0.3) is 0 Å². The Morgan fingerprint density at radius 1 is 0.893 bits per heavy atom. The number of carbonyl (C=O) groups excluding carboxylic acids is 1. The lowest BCUT2D eigenvalue weighted by Crippen LogP contribution is -2.13. The minimum Gasteiger partial charge on any atom is -0.465 e. The number of anilines is 1. The first-order valence-electron chi connectivity index (χ1n) is 8.44. The lowest BCUT2D eigenvalue weighted by Gasteiger charge is -2.13. The van der Waals surface area contributed by atoms with Crippen molar-refractivity contribution in [2.24, 2.45) is 0 Å². The summed E-state index contributed by atoms with van der Waals surface area (Å²) in [5.74, 6) is 0.344. The largest absolute Gasteiger partial charge is 0.465 e. The van der Waals surface area contributed by atoms with Crippen molar-refractivity contribution in [2.75, 3.05) is 11.8 Å². The predicted octanol–water partition coefficient (Wildman–Crippen LogP) is 4.37. The lowest BCUT2D eigenvalue weighted by atomic mass is 10.2. The number of para-hydroxylation sites is 2. The molecule has 144 valence electrons. The highest BCUT2D eigenvalue weighted by Crippen LogP contribution is 2.31. The highest BCUT2D eigenvalue weighted by molar-refractivity contribution is 7.92. The van der Waals surface area contributed by atoms with E-state index in [2.05, 4.69) is 9.46 Å². The summed E-state index contributed by atoms with van der Waals surface area (Å²) in [6, 6.07) is 19.6. The SMILES string of the molecule is COC(=O)c1ccc(Oc2ccccc2NS(=O)(=O)c2ccc(C)cc2)cc1. The van der Waals surface area contributed by atoms with E-state index in [1.165, 1.54) is 7.11 Å². The molecule has 0 aliphatic heterocycles. The van der Waals surface area contributed by atoms with Crippen molar-refractivity contribution in [3.8, 4) is 11.5 Å². The highest BCUT2D eigenvalue weighted by Gasteiger charge is 2.16. The first-order valence-corrected chi connectivity index (χ1v) is 9.92. The summed E-state index contributed by atoms with van der Waals surface area (Å²) in [5, 5.41) is 0. The molecular weight excluding hydrogens is 378 g/mol. The molecule has 7 heteroatoms. The standard InChI is InChI=1S/C21H19NO5S/c1-15-7-13-18(14-8-15)28(24,25)22-19-5-3-4-6-20(19)27-17-11-9-16(10-12-17)21(23)26-2/h3-14,22H,1-2H3. The Labute approximate surface area is 163 Å². The van der Waals surface area contributed by atoms with Gasteiger partial charge in [-0.2, -0.15) is 0 Å². The molecule has 0 aliphatic carbocycles. The topological polar surface area (TPSA) is 81.7 Å². The van der Waals surface area contributed by atoms with Gasteiger partial charge in [0.25, 0.3) is 10.0 Å². The molecular formula is C21H19NO5S. The van der Waals surface area contributed by atoms with Crippen LogP contribution in [0.2, 0.25) is 0 Å². The molecule has 0 aliphatic rings. The molecule has 0 amide bonds. The van der Waals surface area contributed by atoms with Crippen LogP contribution in [-0.4, -0.2) is 21.5 Å². The number of ether oxygens (including phenoxy) is 2. The third-order valence-electron chi connectivity index (χ3n) is 3.97. The molecule has 28 heavy (non-hydrogen) atoms. The molecule has 0 aromatic heterocycles. The van der Waals surface area contributed by atoms with Gasteiger partial charge in [0.05, 0.1) is 23.3 Å². The molecule has 0 saturated heterocycles. The number of hydrogen-bond acceptors (Lipinski definition) is 5. The van der Waals surface area contributed by atoms with E-state index < -0.39 is 16.0 Å². The number of nitrogens with one attached hydrogen (secondary N) is 1. The lowest BCUT2D eigenvalue weighted by molar-refractivity contribution is 0.0600. The van der Waals surface area contributed by atoms with Gasteiger partial charge in [-0.3, -0.25) is 4.72 Å². The van der Waals surface area contributed by atoms with Gasteiger partial charge in [-0.25, -0.2) is 13.2 Å². The summed E-state index contributed by atoms with van der Waals surface area (Å²) in [4.78, 5) is 11.7. The maximum atomic E-state index is 12.7. The van der Waals surface area contributed by atoms with Crippen LogP contribution >= 0.6 is 0 Å². The van der Waals surface area contributed by atoms with Crippen LogP contribution in [0.5, 0.6) is 11.5 Å². The number of esters is 1. The maximum Gasteiger partial charge on any atom is 0.337 e. The van der Waals surface area contributed by atoms with E-state index in [1.807, 2.05) is 6.92 Å². The molecule has 0 atom stereocenters. The number of sulfonamides is 1. The fourth-order valence-corrected chi connectivity index (χ4v) is 3.54. The molecule has 0 saturated carbocycles. The van der Waals surface area contributed by atoms with Gasteiger partial charge in [-0.15, -0.1) is 0 Å². The number of rotatable bonds is 6. The van der Waals surface area contributed by atoms with Gasteiger partial charge in [0.1, 0.15) is 5.75 Å². The van der Waals surface area contributed by atoms with Crippen LogP contribution in [0.1, 0.15) is 15.9 Å². The van der Waals surface area contributed by atoms with Crippen molar-refractivity contribution < 1.29 is 22.7 Å². The van der Waals surface area contributed by atoms with Crippen molar-refractivity contribution in [1.29, 1.82) is 0 Å². The first kappa shape index (κ1) is 19.4. The van der Waals surface area contributed by atoms with Crippen molar-refractivity contribution in [3.63, 3.8) is 0 Å². The zero-order valence-corrected chi connectivity index (χ0v) is 16.2. The molecule has 3 aromatic rings. The van der Waals surface area contributed by atoms with E-state index in [1.54, 1.807) is 72.8 Å². The van der Waals surface area contributed by atoms with Crippen LogP contribution in [-0.2, 0) is 14.8 Å². The Morgan fingerprint density at radius 3 is 2.18 bits per heavy atom. The highest BCUT2D eigenvalue weighted by atomic mass is 32.2. The van der Waals surface area contributed by atoms with Crippen molar-refractivity contribution in [3.05, 3.63) is 83.9 Å². The van der Waals surface area contributed by atoms with Crippen molar-refractivity contribution in [1.82, 2.24) is 0 Å². The Kier molecular flexibility index (Phi) is 5.65. The monoisotopic (exact) mass is 397 g/mol. The Morgan fingerprint density at radius 2 is 1.54 bits per heavy atom. The molecule has 1 N–H and O–H groups in total.